The maximum Gasteiger partial charge on any atom is 0.243 e. The maximum absolute atomic E-state index is 11.8. The van der Waals surface area contributed by atoms with Crippen LogP contribution in [-0.4, -0.2) is 55.7 Å². The summed E-state index contributed by atoms with van der Waals surface area (Å²) in [5.41, 5.74) is 0. The van der Waals surface area contributed by atoms with E-state index >= 15 is 0 Å². The smallest absolute Gasteiger partial charge is 0.243 e. The molecule has 1 fully saturated rings. The van der Waals surface area contributed by atoms with Crippen molar-refractivity contribution in [2.45, 2.75) is 43.0 Å². The summed E-state index contributed by atoms with van der Waals surface area (Å²) in [6, 6.07) is 10.9. The number of rotatable bonds is 7. The number of likely N-dealkylation sites (N-methyl/N-ethyl adjacent to an activating group) is 1. The molecule has 0 aromatic heterocycles. The number of nitrogens with one attached hydrogen (secondary N) is 2. The predicted molar refractivity (Wildman–Crippen MR) is 106 cm³/mol. The van der Waals surface area contributed by atoms with Gasteiger partial charge in [0.2, 0.25) is 5.91 Å². The van der Waals surface area contributed by atoms with E-state index < -0.39 is 0 Å². The minimum absolute atomic E-state index is 0.0170. The highest BCUT2D eigenvalue weighted by Gasteiger charge is 2.15. The summed E-state index contributed by atoms with van der Waals surface area (Å²) >= 11 is 1.82. The molecule has 0 unspecified atom stereocenters. The zero-order valence-electron chi connectivity index (χ0n) is 15.3. The standard InChI is InChI=1S/C19H30N4OS/c1-23(2)18(24)15-21-19(22-16-9-5-3-6-10-16)20-13-14-25-17-11-7-4-8-12-17/h4,7-8,11-12,16H,3,5-6,9-10,13-15H2,1-2H3,(H2,20,21,22). The molecule has 0 radical (unpaired) electrons. The first-order valence-corrected chi connectivity index (χ1v) is 10.1. The Kier molecular flexibility index (Phi) is 8.66. The fraction of sp³-hybridized carbons (Fsp3) is 0.579. The van der Waals surface area contributed by atoms with Gasteiger partial charge in [0.25, 0.3) is 0 Å². The molecule has 1 aromatic rings. The molecule has 0 bridgehead atoms. The van der Waals surface area contributed by atoms with E-state index in [0.717, 1.165) is 18.3 Å². The summed E-state index contributed by atoms with van der Waals surface area (Å²) in [6.45, 7) is 0.995. The number of guanidine groups is 1. The highest BCUT2D eigenvalue weighted by molar-refractivity contribution is 7.99. The van der Waals surface area contributed by atoms with Gasteiger partial charge in [-0.3, -0.25) is 4.79 Å². The van der Waals surface area contributed by atoms with Crippen molar-refractivity contribution in [2.75, 3.05) is 32.9 Å². The van der Waals surface area contributed by atoms with Crippen molar-refractivity contribution in [3.05, 3.63) is 30.3 Å². The van der Waals surface area contributed by atoms with Crippen molar-refractivity contribution in [3.8, 4) is 0 Å². The van der Waals surface area contributed by atoms with Gasteiger partial charge in [0.05, 0.1) is 0 Å². The summed E-state index contributed by atoms with van der Waals surface area (Å²) in [7, 11) is 3.52. The molecule has 25 heavy (non-hydrogen) atoms. The number of thioether (sulfide) groups is 1. The van der Waals surface area contributed by atoms with Crippen LogP contribution in [0.4, 0.5) is 0 Å². The van der Waals surface area contributed by atoms with Gasteiger partial charge in [-0.2, -0.15) is 0 Å². The summed E-state index contributed by atoms with van der Waals surface area (Å²) in [6.07, 6.45) is 6.23. The van der Waals surface area contributed by atoms with Crippen LogP contribution in [0.15, 0.2) is 40.2 Å². The summed E-state index contributed by atoms with van der Waals surface area (Å²) in [4.78, 5) is 19.1. The average Bonchev–Trinajstić information content (AvgIpc) is 2.64. The van der Waals surface area contributed by atoms with E-state index in [1.54, 1.807) is 19.0 Å². The molecule has 1 saturated carbocycles. The molecule has 5 nitrogen and oxygen atoms in total. The Hall–Kier alpha value is -1.69. The molecule has 2 rings (SSSR count). The molecule has 0 saturated heterocycles. The molecule has 0 spiro atoms. The van der Waals surface area contributed by atoms with Gasteiger partial charge in [0.1, 0.15) is 6.54 Å². The Morgan fingerprint density at radius 3 is 2.60 bits per heavy atom. The molecule has 1 aromatic carbocycles. The first-order chi connectivity index (χ1) is 12.1. The van der Waals surface area contributed by atoms with Gasteiger partial charge in [0, 0.05) is 37.3 Å². The van der Waals surface area contributed by atoms with Crippen molar-refractivity contribution < 1.29 is 4.79 Å². The second kappa shape index (κ2) is 11.0. The van der Waals surface area contributed by atoms with Crippen LogP contribution in [0.25, 0.3) is 0 Å². The second-order valence-electron chi connectivity index (χ2n) is 6.52. The lowest BCUT2D eigenvalue weighted by Crippen LogP contribution is -2.45. The van der Waals surface area contributed by atoms with Crippen molar-refractivity contribution in [2.24, 2.45) is 4.99 Å². The molecule has 1 aliphatic rings. The number of aliphatic imine (C=N–C) groups is 1. The van der Waals surface area contributed by atoms with E-state index in [0.29, 0.717) is 6.04 Å². The molecule has 1 amide bonds. The van der Waals surface area contributed by atoms with Crippen LogP contribution in [0, 0.1) is 0 Å². The van der Waals surface area contributed by atoms with Gasteiger partial charge < -0.3 is 15.5 Å². The monoisotopic (exact) mass is 362 g/mol. The lowest BCUT2D eigenvalue weighted by atomic mass is 9.96. The number of carbonyl (C=O) groups excluding carboxylic acids is 1. The third-order valence-corrected chi connectivity index (χ3v) is 5.24. The molecular weight excluding hydrogens is 332 g/mol. The topological polar surface area (TPSA) is 56.7 Å². The van der Waals surface area contributed by atoms with Gasteiger partial charge in [-0.1, -0.05) is 37.5 Å². The van der Waals surface area contributed by atoms with E-state index in [1.807, 2.05) is 17.8 Å². The largest absolute Gasteiger partial charge is 0.356 e. The van der Waals surface area contributed by atoms with Gasteiger partial charge in [0.15, 0.2) is 5.96 Å². The normalized spacial score (nSPS) is 15.7. The molecular formula is C19H30N4OS. The fourth-order valence-corrected chi connectivity index (χ4v) is 3.53. The first-order valence-electron chi connectivity index (χ1n) is 9.08. The molecule has 0 aliphatic heterocycles. The van der Waals surface area contributed by atoms with Crippen LogP contribution in [0.5, 0.6) is 0 Å². The Labute approximate surface area is 155 Å². The summed E-state index contributed by atoms with van der Waals surface area (Å²) in [5, 5.41) is 6.89. The van der Waals surface area contributed by atoms with Crippen LogP contribution in [-0.2, 0) is 4.79 Å². The number of amides is 1. The van der Waals surface area contributed by atoms with Crippen molar-refractivity contribution in [1.29, 1.82) is 0 Å². The minimum Gasteiger partial charge on any atom is -0.356 e. The van der Waals surface area contributed by atoms with E-state index in [9.17, 15) is 4.79 Å². The van der Waals surface area contributed by atoms with Gasteiger partial charge in [-0.15, -0.1) is 11.8 Å². The van der Waals surface area contributed by atoms with Crippen LogP contribution in [0.3, 0.4) is 0 Å². The Bertz CT molecular complexity index is 542. The number of hydrogen-bond acceptors (Lipinski definition) is 3. The number of hydrogen-bond donors (Lipinski definition) is 2. The van der Waals surface area contributed by atoms with Crippen LogP contribution >= 0.6 is 11.8 Å². The maximum atomic E-state index is 11.8. The second-order valence-corrected chi connectivity index (χ2v) is 7.69. The Balaban J connectivity index is 1.82. The molecule has 0 heterocycles. The van der Waals surface area contributed by atoms with Crippen molar-refractivity contribution >= 4 is 23.6 Å². The SMILES string of the molecule is CN(C)C(=O)CN=C(NCCSc1ccccc1)NC1CCCCC1. The van der Waals surface area contributed by atoms with E-state index in [2.05, 4.69) is 39.9 Å². The van der Waals surface area contributed by atoms with Crippen LogP contribution < -0.4 is 10.6 Å². The lowest BCUT2D eigenvalue weighted by Gasteiger charge is -2.25. The zero-order valence-corrected chi connectivity index (χ0v) is 16.1. The van der Waals surface area contributed by atoms with Crippen LogP contribution in [0.2, 0.25) is 0 Å². The number of carbonyl (C=O) groups is 1. The summed E-state index contributed by atoms with van der Waals surface area (Å²) < 4.78 is 0. The lowest BCUT2D eigenvalue weighted by molar-refractivity contribution is -0.127. The van der Waals surface area contributed by atoms with Crippen molar-refractivity contribution in [3.63, 3.8) is 0 Å². The first kappa shape index (κ1) is 19.6. The third-order valence-electron chi connectivity index (χ3n) is 4.22. The minimum atomic E-state index is 0.0170. The molecule has 6 heteroatoms. The van der Waals surface area contributed by atoms with Gasteiger partial charge >= 0.3 is 0 Å². The quantitative estimate of drug-likeness (QED) is 0.339. The summed E-state index contributed by atoms with van der Waals surface area (Å²) in [5.74, 6) is 1.73. The van der Waals surface area contributed by atoms with E-state index in [1.165, 1.54) is 37.0 Å². The predicted octanol–water partition coefficient (Wildman–Crippen LogP) is 2.73. The average molecular weight is 363 g/mol. The third kappa shape index (κ3) is 7.82. The van der Waals surface area contributed by atoms with E-state index in [-0.39, 0.29) is 12.5 Å². The van der Waals surface area contributed by atoms with Crippen molar-refractivity contribution in [1.82, 2.24) is 15.5 Å². The molecule has 1 aliphatic carbocycles. The highest BCUT2D eigenvalue weighted by atomic mass is 32.2. The number of nitrogens with zero attached hydrogens (tertiary/aromatic N) is 2. The molecule has 138 valence electrons. The zero-order chi connectivity index (χ0) is 17.9. The Morgan fingerprint density at radius 1 is 1.20 bits per heavy atom. The van der Waals surface area contributed by atoms with Crippen LogP contribution in [0.1, 0.15) is 32.1 Å². The van der Waals surface area contributed by atoms with Gasteiger partial charge in [-0.25, -0.2) is 4.99 Å². The molecule has 0 atom stereocenters. The highest BCUT2D eigenvalue weighted by Crippen LogP contribution is 2.17. The van der Waals surface area contributed by atoms with Gasteiger partial charge in [-0.05, 0) is 25.0 Å². The Morgan fingerprint density at radius 2 is 1.92 bits per heavy atom. The molecule has 2 N–H and O–H groups in total. The van der Waals surface area contributed by atoms with E-state index in [4.69, 9.17) is 0 Å². The number of benzene rings is 1. The fourth-order valence-electron chi connectivity index (χ4n) is 2.74.